The van der Waals surface area contributed by atoms with Crippen molar-refractivity contribution in [2.75, 3.05) is 0 Å². The molecule has 2 aromatic carbocycles. The lowest BCUT2D eigenvalue weighted by atomic mass is 10.2. The van der Waals surface area contributed by atoms with E-state index in [4.69, 9.17) is 4.74 Å². The Labute approximate surface area is 153 Å². The molecule has 1 heterocycles. The predicted octanol–water partition coefficient (Wildman–Crippen LogP) is 4.39. The number of benzene rings is 2. The monoisotopic (exact) mass is 352 g/mol. The zero-order valence-electron chi connectivity index (χ0n) is 15.6. The number of carbonyl (C=O) groups is 1. The quantitative estimate of drug-likeness (QED) is 0.699. The molecule has 0 aliphatic rings. The molecule has 1 aromatic heterocycles. The van der Waals surface area contributed by atoms with Crippen LogP contribution in [0.2, 0.25) is 0 Å². The minimum Gasteiger partial charge on any atom is -0.444 e. The molecule has 1 atom stereocenters. The lowest BCUT2D eigenvalue weighted by Crippen LogP contribution is -2.40. The van der Waals surface area contributed by atoms with Crippen LogP contribution in [-0.4, -0.2) is 31.6 Å². The molecular formula is C20H24N4O2. The molecular weight excluding hydrogens is 328 g/mol. The molecule has 0 aliphatic heterocycles. The van der Waals surface area contributed by atoms with Gasteiger partial charge in [-0.1, -0.05) is 47.7 Å². The second-order valence-electron chi connectivity index (χ2n) is 7.25. The third kappa shape index (κ3) is 4.02. The lowest BCUT2D eigenvalue weighted by molar-refractivity contribution is 0.00616. The predicted molar refractivity (Wildman–Crippen MR) is 100 cm³/mol. The van der Waals surface area contributed by atoms with Gasteiger partial charge in [0.2, 0.25) is 0 Å². The maximum atomic E-state index is 12.9. The van der Waals surface area contributed by atoms with E-state index >= 15 is 0 Å². The molecule has 0 saturated heterocycles. The van der Waals surface area contributed by atoms with Gasteiger partial charge < -0.3 is 4.74 Å². The Balaban J connectivity index is 1.94. The highest BCUT2D eigenvalue weighted by Crippen LogP contribution is 2.23. The van der Waals surface area contributed by atoms with Crippen molar-refractivity contribution in [3.8, 4) is 0 Å². The van der Waals surface area contributed by atoms with E-state index in [9.17, 15) is 4.79 Å². The highest BCUT2D eigenvalue weighted by atomic mass is 16.6. The van der Waals surface area contributed by atoms with Crippen molar-refractivity contribution in [3.63, 3.8) is 0 Å². The first-order chi connectivity index (χ1) is 12.3. The van der Waals surface area contributed by atoms with Gasteiger partial charge in [0.25, 0.3) is 0 Å². The van der Waals surface area contributed by atoms with E-state index in [1.807, 2.05) is 82.3 Å². The smallest absolute Gasteiger partial charge is 0.412 e. The summed E-state index contributed by atoms with van der Waals surface area (Å²) in [6.45, 7) is 7.93. The highest BCUT2D eigenvalue weighted by molar-refractivity contribution is 5.74. The van der Waals surface area contributed by atoms with E-state index in [1.165, 1.54) is 0 Å². The first-order valence-corrected chi connectivity index (χ1v) is 8.68. The number of nitrogens with zero attached hydrogens (tertiary/aromatic N) is 4. The number of para-hydroxylation sites is 1. The zero-order valence-corrected chi connectivity index (χ0v) is 15.6. The first kappa shape index (κ1) is 17.9. The van der Waals surface area contributed by atoms with Crippen molar-refractivity contribution in [1.29, 1.82) is 0 Å². The summed E-state index contributed by atoms with van der Waals surface area (Å²) in [5.74, 6) is 0. The number of hydrogen-bond donors (Lipinski definition) is 0. The Kier molecular flexibility index (Phi) is 4.93. The van der Waals surface area contributed by atoms with Gasteiger partial charge >= 0.3 is 6.09 Å². The van der Waals surface area contributed by atoms with E-state index in [0.717, 1.165) is 16.6 Å². The maximum absolute atomic E-state index is 12.9. The van der Waals surface area contributed by atoms with E-state index in [1.54, 1.807) is 9.58 Å². The Morgan fingerprint density at radius 3 is 2.46 bits per heavy atom. The van der Waals surface area contributed by atoms with Crippen molar-refractivity contribution in [3.05, 3.63) is 60.2 Å². The van der Waals surface area contributed by atoms with Crippen molar-refractivity contribution in [2.24, 2.45) is 0 Å². The van der Waals surface area contributed by atoms with Crippen molar-refractivity contribution in [1.82, 2.24) is 19.9 Å². The first-order valence-electron chi connectivity index (χ1n) is 8.68. The average Bonchev–Trinajstić information content (AvgIpc) is 3.02. The molecule has 6 nitrogen and oxygen atoms in total. The Morgan fingerprint density at radius 1 is 1.12 bits per heavy atom. The summed E-state index contributed by atoms with van der Waals surface area (Å²) in [6, 6.07) is 17.5. The highest BCUT2D eigenvalue weighted by Gasteiger charge is 2.28. The van der Waals surface area contributed by atoms with Gasteiger partial charge in [0.1, 0.15) is 17.3 Å². The van der Waals surface area contributed by atoms with Crippen molar-refractivity contribution in [2.45, 2.75) is 46.0 Å². The summed E-state index contributed by atoms with van der Waals surface area (Å²) in [4.78, 5) is 14.5. The van der Waals surface area contributed by atoms with Gasteiger partial charge in [-0.25, -0.2) is 9.48 Å². The van der Waals surface area contributed by atoms with Gasteiger partial charge in [0, 0.05) is 0 Å². The molecule has 0 spiro atoms. The lowest BCUT2D eigenvalue weighted by Gasteiger charge is -2.31. The van der Waals surface area contributed by atoms with Crippen LogP contribution in [0.4, 0.5) is 4.79 Å². The van der Waals surface area contributed by atoms with Crippen LogP contribution >= 0.6 is 0 Å². The second-order valence-corrected chi connectivity index (χ2v) is 7.25. The minimum atomic E-state index is -0.573. The number of hydrogen-bond acceptors (Lipinski definition) is 4. The van der Waals surface area contributed by atoms with Crippen LogP contribution in [-0.2, 0) is 11.3 Å². The number of aromatic nitrogens is 3. The SMILES string of the molecule is CC(N(Cc1ccccc1)C(=O)OC(C)(C)C)n1nnc2ccccc21. The summed E-state index contributed by atoms with van der Waals surface area (Å²) >= 11 is 0. The fraction of sp³-hybridized carbons (Fsp3) is 0.350. The molecule has 6 heteroatoms. The molecule has 1 unspecified atom stereocenters. The van der Waals surface area contributed by atoms with Gasteiger partial charge in [-0.05, 0) is 45.4 Å². The second kappa shape index (κ2) is 7.15. The fourth-order valence-electron chi connectivity index (χ4n) is 2.74. The van der Waals surface area contributed by atoms with E-state index in [-0.39, 0.29) is 12.3 Å². The van der Waals surface area contributed by atoms with Crippen LogP contribution in [0.5, 0.6) is 0 Å². The van der Waals surface area contributed by atoms with Gasteiger partial charge in [-0.2, -0.15) is 0 Å². The van der Waals surface area contributed by atoms with Crippen LogP contribution in [0.25, 0.3) is 11.0 Å². The molecule has 0 saturated carbocycles. The average molecular weight is 352 g/mol. The zero-order chi connectivity index (χ0) is 18.7. The molecule has 136 valence electrons. The Morgan fingerprint density at radius 2 is 1.77 bits per heavy atom. The van der Waals surface area contributed by atoms with Crippen molar-refractivity contribution >= 4 is 17.1 Å². The molecule has 3 rings (SSSR count). The maximum Gasteiger partial charge on any atom is 0.412 e. The molecule has 0 radical (unpaired) electrons. The van der Waals surface area contributed by atoms with Crippen molar-refractivity contribution < 1.29 is 9.53 Å². The molecule has 3 aromatic rings. The van der Waals surface area contributed by atoms with Gasteiger partial charge in [0.05, 0.1) is 12.1 Å². The van der Waals surface area contributed by atoms with E-state index < -0.39 is 5.60 Å². The number of rotatable bonds is 4. The molecule has 0 N–H and O–H groups in total. The van der Waals surface area contributed by atoms with E-state index in [2.05, 4.69) is 10.3 Å². The van der Waals surface area contributed by atoms with Crippen LogP contribution < -0.4 is 0 Å². The molecule has 1 amide bonds. The third-order valence-corrected chi connectivity index (χ3v) is 4.01. The standard InChI is InChI=1S/C20H24N4O2/c1-15(24-18-13-9-8-12-17(18)21-22-24)23(19(25)26-20(2,3)4)14-16-10-6-5-7-11-16/h5-13,15H,14H2,1-4H3. The Bertz CT molecular complexity index is 883. The van der Waals surface area contributed by atoms with Crippen LogP contribution in [0.3, 0.4) is 0 Å². The van der Waals surface area contributed by atoms with Gasteiger partial charge in [-0.3, -0.25) is 4.90 Å². The summed E-state index contributed by atoms with van der Waals surface area (Å²) in [5.41, 5.74) is 2.12. The molecule has 0 fully saturated rings. The largest absolute Gasteiger partial charge is 0.444 e. The number of amides is 1. The fourth-order valence-corrected chi connectivity index (χ4v) is 2.74. The number of ether oxygens (including phenoxy) is 1. The van der Waals surface area contributed by atoms with Crippen LogP contribution in [0, 0.1) is 0 Å². The molecule has 0 aliphatic carbocycles. The summed E-state index contributed by atoms with van der Waals surface area (Å²) in [5, 5.41) is 8.45. The molecule has 26 heavy (non-hydrogen) atoms. The number of carbonyl (C=O) groups excluding carboxylic acids is 1. The summed E-state index contributed by atoms with van der Waals surface area (Å²) < 4.78 is 7.38. The minimum absolute atomic E-state index is 0.350. The van der Waals surface area contributed by atoms with Crippen LogP contribution in [0.1, 0.15) is 39.4 Å². The summed E-state index contributed by atoms with van der Waals surface area (Å²) in [7, 11) is 0. The van der Waals surface area contributed by atoms with Crippen LogP contribution in [0.15, 0.2) is 54.6 Å². The molecule has 0 bridgehead atoms. The van der Waals surface area contributed by atoms with Gasteiger partial charge in [-0.15, -0.1) is 5.10 Å². The Hall–Kier alpha value is -2.89. The number of fused-ring (bicyclic) bond motifs is 1. The van der Waals surface area contributed by atoms with Gasteiger partial charge in [0.15, 0.2) is 0 Å². The summed E-state index contributed by atoms with van der Waals surface area (Å²) in [6.07, 6.45) is -0.731. The normalized spacial score (nSPS) is 12.8. The van der Waals surface area contributed by atoms with E-state index in [0.29, 0.717) is 6.54 Å². The third-order valence-electron chi connectivity index (χ3n) is 4.01. The topological polar surface area (TPSA) is 60.2 Å².